The number of rotatable bonds is 0. The second-order valence-electron chi connectivity index (χ2n) is 2.84. The Labute approximate surface area is 92.7 Å². The number of aryl methyl sites for hydroxylation is 1. The standard InChI is InChI=1S/C9H5FN4.C2H6/c1-5-8-3-7(10)2-6(4-11)9(8)13-14-12-5;1-2/h2-3H,1H3;1-2H3. The second kappa shape index (κ2) is 5.12. The highest BCUT2D eigenvalue weighted by Crippen LogP contribution is 2.18. The number of hydrogen-bond donors (Lipinski definition) is 0. The van der Waals surface area contributed by atoms with Gasteiger partial charge in [0.15, 0.2) is 0 Å². The van der Waals surface area contributed by atoms with E-state index < -0.39 is 5.82 Å². The number of benzene rings is 1. The first-order chi connectivity index (χ1) is 7.72. The lowest BCUT2D eigenvalue weighted by molar-refractivity contribution is 0.628. The smallest absolute Gasteiger partial charge is 0.125 e. The summed E-state index contributed by atoms with van der Waals surface area (Å²) in [7, 11) is 0. The molecule has 0 N–H and O–H groups in total. The summed E-state index contributed by atoms with van der Waals surface area (Å²) in [6.07, 6.45) is 0. The van der Waals surface area contributed by atoms with Crippen molar-refractivity contribution in [2.45, 2.75) is 20.8 Å². The van der Waals surface area contributed by atoms with Crippen LogP contribution in [0.2, 0.25) is 0 Å². The van der Waals surface area contributed by atoms with Crippen LogP contribution in [0.15, 0.2) is 12.1 Å². The molecule has 0 amide bonds. The maximum absolute atomic E-state index is 13.0. The summed E-state index contributed by atoms with van der Waals surface area (Å²) in [5.74, 6) is -0.466. The van der Waals surface area contributed by atoms with Gasteiger partial charge in [-0.1, -0.05) is 13.8 Å². The first-order valence-corrected chi connectivity index (χ1v) is 4.91. The van der Waals surface area contributed by atoms with Crippen molar-refractivity contribution in [3.8, 4) is 6.07 Å². The lowest BCUT2D eigenvalue weighted by Gasteiger charge is -2.00. The molecule has 0 aliphatic heterocycles. The van der Waals surface area contributed by atoms with Gasteiger partial charge < -0.3 is 0 Å². The zero-order valence-electron chi connectivity index (χ0n) is 9.32. The molecule has 1 aromatic carbocycles. The molecule has 2 rings (SSSR count). The Hall–Kier alpha value is -2.09. The van der Waals surface area contributed by atoms with Crippen LogP contribution in [-0.2, 0) is 0 Å². The third-order valence-corrected chi connectivity index (χ3v) is 1.92. The maximum atomic E-state index is 13.0. The van der Waals surface area contributed by atoms with E-state index in [4.69, 9.17) is 5.26 Å². The summed E-state index contributed by atoms with van der Waals surface area (Å²) in [4.78, 5) is 0. The third-order valence-electron chi connectivity index (χ3n) is 1.92. The fraction of sp³-hybridized carbons (Fsp3) is 0.273. The van der Waals surface area contributed by atoms with E-state index in [1.165, 1.54) is 6.07 Å². The highest BCUT2D eigenvalue weighted by atomic mass is 19.1. The molecule has 0 saturated heterocycles. The average Bonchev–Trinajstić information content (AvgIpc) is 2.32. The molecule has 0 aliphatic carbocycles. The van der Waals surface area contributed by atoms with Gasteiger partial charge in [0.1, 0.15) is 17.4 Å². The van der Waals surface area contributed by atoms with Gasteiger partial charge in [-0.2, -0.15) is 5.26 Å². The van der Waals surface area contributed by atoms with Crippen LogP contribution in [-0.4, -0.2) is 15.4 Å². The molecular weight excluding hydrogens is 207 g/mol. The molecular formula is C11H11FN4. The fourth-order valence-electron chi connectivity index (χ4n) is 1.26. The first kappa shape index (κ1) is 12.0. The lowest BCUT2D eigenvalue weighted by Crippen LogP contribution is -1.96. The zero-order chi connectivity index (χ0) is 12.1. The van der Waals surface area contributed by atoms with Crippen molar-refractivity contribution in [1.29, 1.82) is 5.26 Å². The second-order valence-corrected chi connectivity index (χ2v) is 2.84. The van der Waals surface area contributed by atoms with Gasteiger partial charge in [-0.15, -0.1) is 10.2 Å². The SMILES string of the molecule is CC.Cc1nnnc2c(C#N)cc(F)cc12. The minimum Gasteiger partial charge on any atom is -0.207 e. The first-order valence-electron chi connectivity index (χ1n) is 4.91. The van der Waals surface area contributed by atoms with Gasteiger partial charge in [0.25, 0.3) is 0 Å². The molecule has 0 atom stereocenters. The molecule has 0 aliphatic rings. The van der Waals surface area contributed by atoms with E-state index >= 15 is 0 Å². The van der Waals surface area contributed by atoms with Gasteiger partial charge in [-0.05, 0) is 24.3 Å². The minimum absolute atomic E-state index is 0.179. The van der Waals surface area contributed by atoms with Gasteiger partial charge in [0, 0.05) is 5.39 Å². The molecule has 0 spiro atoms. The summed E-state index contributed by atoms with van der Waals surface area (Å²) >= 11 is 0. The van der Waals surface area contributed by atoms with Crippen LogP contribution in [0.3, 0.4) is 0 Å². The fourth-order valence-corrected chi connectivity index (χ4v) is 1.26. The van der Waals surface area contributed by atoms with E-state index in [1.54, 1.807) is 6.92 Å². The summed E-state index contributed by atoms with van der Waals surface area (Å²) in [5.41, 5.74) is 1.13. The Bertz CT molecular complexity index is 545. The molecule has 2 aromatic rings. The van der Waals surface area contributed by atoms with E-state index in [1.807, 2.05) is 19.9 Å². The van der Waals surface area contributed by atoms with Crippen LogP contribution in [0, 0.1) is 24.1 Å². The third kappa shape index (κ3) is 2.11. The molecule has 0 fully saturated rings. The average molecular weight is 218 g/mol. The van der Waals surface area contributed by atoms with Crippen LogP contribution in [0.1, 0.15) is 25.1 Å². The predicted octanol–water partition coefficient (Wildman–Crippen LogP) is 2.37. The van der Waals surface area contributed by atoms with Crippen molar-refractivity contribution < 1.29 is 4.39 Å². The van der Waals surface area contributed by atoms with Crippen LogP contribution in [0.4, 0.5) is 4.39 Å². The summed E-state index contributed by atoms with van der Waals surface area (Å²) < 4.78 is 13.0. The molecule has 82 valence electrons. The van der Waals surface area contributed by atoms with E-state index in [0.29, 0.717) is 16.6 Å². The highest BCUT2D eigenvalue weighted by molar-refractivity contribution is 5.85. The van der Waals surface area contributed by atoms with E-state index in [0.717, 1.165) is 6.07 Å². The summed E-state index contributed by atoms with van der Waals surface area (Å²) in [5, 5.41) is 20.1. The number of hydrogen-bond acceptors (Lipinski definition) is 4. The van der Waals surface area contributed by atoms with Gasteiger partial charge in [0.05, 0.1) is 11.3 Å². The molecule has 1 heterocycles. The van der Waals surface area contributed by atoms with E-state index in [-0.39, 0.29) is 5.56 Å². The minimum atomic E-state index is -0.466. The molecule has 0 bridgehead atoms. The van der Waals surface area contributed by atoms with Crippen molar-refractivity contribution in [3.63, 3.8) is 0 Å². The van der Waals surface area contributed by atoms with E-state index in [2.05, 4.69) is 15.4 Å². The van der Waals surface area contributed by atoms with Crippen molar-refractivity contribution in [2.75, 3.05) is 0 Å². The molecule has 5 heteroatoms. The molecule has 0 radical (unpaired) electrons. The number of nitriles is 1. The summed E-state index contributed by atoms with van der Waals surface area (Å²) in [6, 6.07) is 4.30. The van der Waals surface area contributed by atoms with Crippen molar-refractivity contribution >= 4 is 10.9 Å². The van der Waals surface area contributed by atoms with Crippen molar-refractivity contribution in [2.24, 2.45) is 0 Å². The molecule has 0 unspecified atom stereocenters. The number of aromatic nitrogens is 3. The van der Waals surface area contributed by atoms with Crippen molar-refractivity contribution in [1.82, 2.24) is 15.4 Å². The van der Waals surface area contributed by atoms with Crippen LogP contribution < -0.4 is 0 Å². The van der Waals surface area contributed by atoms with Gasteiger partial charge in [-0.25, -0.2) is 4.39 Å². The number of fused-ring (bicyclic) bond motifs is 1. The topological polar surface area (TPSA) is 62.5 Å². The largest absolute Gasteiger partial charge is 0.207 e. The molecule has 1 aromatic heterocycles. The quantitative estimate of drug-likeness (QED) is 0.681. The Kier molecular flexibility index (Phi) is 3.84. The van der Waals surface area contributed by atoms with Gasteiger partial charge in [-0.3, -0.25) is 0 Å². The van der Waals surface area contributed by atoms with Crippen LogP contribution in [0.5, 0.6) is 0 Å². The number of halogens is 1. The van der Waals surface area contributed by atoms with E-state index in [9.17, 15) is 4.39 Å². The van der Waals surface area contributed by atoms with Crippen LogP contribution >= 0.6 is 0 Å². The van der Waals surface area contributed by atoms with Crippen molar-refractivity contribution in [3.05, 3.63) is 29.2 Å². The maximum Gasteiger partial charge on any atom is 0.125 e. The lowest BCUT2D eigenvalue weighted by atomic mass is 10.1. The van der Waals surface area contributed by atoms with Crippen LogP contribution in [0.25, 0.3) is 10.9 Å². The normalized spacial score (nSPS) is 9.19. The predicted molar refractivity (Wildman–Crippen MR) is 58.1 cm³/mol. The molecule has 0 saturated carbocycles. The Morgan fingerprint density at radius 3 is 2.56 bits per heavy atom. The van der Waals surface area contributed by atoms with Gasteiger partial charge >= 0.3 is 0 Å². The Morgan fingerprint density at radius 2 is 1.94 bits per heavy atom. The monoisotopic (exact) mass is 218 g/mol. The van der Waals surface area contributed by atoms with Gasteiger partial charge in [0.2, 0.25) is 0 Å². The Balaban J connectivity index is 0.000000606. The number of nitrogens with zero attached hydrogens (tertiary/aromatic N) is 4. The molecule has 16 heavy (non-hydrogen) atoms. The zero-order valence-corrected chi connectivity index (χ0v) is 9.32. The molecule has 4 nitrogen and oxygen atoms in total. The summed E-state index contributed by atoms with van der Waals surface area (Å²) in [6.45, 7) is 5.69. The Morgan fingerprint density at radius 1 is 1.25 bits per heavy atom. The highest BCUT2D eigenvalue weighted by Gasteiger charge is 2.08.